The molecule has 0 spiro atoms. The van der Waals surface area contributed by atoms with E-state index in [1.807, 2.05) is 44.2 Å². The van der Waals surface area contributed by atoms with Crippen LogP contribution in [0.15, 0.2) is 55.0 Å². The van der Waals surface area contributed by atoms with Gasteiger partial charge in [-0.15, -0.1) is 0 Å². The summed E-state index contributed by atoms with van der Waals surface area (Å²) in [6.45, 7) is 4.00. The van der Waals surface area contributed by atoms with Gasteiger partial charge in [-0.1, -0.05) is 37.6 Å². The molecule has 148 valence electrons. The maximum Gasteiger partial charge on any atom is 0.166 e. The summed E-state index contributed by atoms with van der Waals surface area (Å²) in [6, 6.07) is 12.2. The third-order valence-electron chi connectivity index (χ3n) is 4.28. The summed E-state index contributed by atoms with van der Waals surface area (Å²) >= 11 is 6.30. The van der Waals surface area contributed by atoms with E-state index < -0.39 is 5.82 Å². The van der Waals surface area contributed by atoms with Crippen molar-refractivity contribution >= 4 is 28.3 Å². The number of hydrogen-bond acceptors (Lipinski definition) is 5. The van der Waals surface area contributed by atoms with Crippen molar-refractivity contribution in [1.29, 1.82) is 0 Å². The fourth-order valence-electron chi connectivity index (χ4n) is 2.96. The maximum atomic E-state index is 13.9. The number of anilines is 1. The highest BCUT2D eigenvalue weighted by molar-refractivity contribution is 6.33. The minimum Gasteiger partial charge on any atom is -0.494 e. The molecule has 0 unspecified atom stereocenters. The van der Waals surface area contributed by atoms with Crippen LogP contribution in [0.3, 0.4) is 0 Å². The molecule has 0 aliphatic rings. The summed E-state index contributed by atoms with van der Waals surface area (Å²) in [5.41, 5.74) is 9.60. The fraction of sp³-hybridized carbons (Fsp3) is 0.136. The number of methoxy groups -OCH3 is 1. The average Bonchev–Trinajstić information content (AvgIpc) is 2.75. The minimum atomic E-state index is -0.528. The van der Waals surface area contributed by atoms with Crippen LogP contribution in [0.5, 0.6) is 5.75 Å². The molecule has 2 heterocycles. The van der Waals surface area contributed by atoms with Crippen LogP contribution in [0.4, 0.5) is 10.2 Å². The molecule has 0 aliphatic heterocycles. The first-order valence-electron chi connectivity index (χ1n) is 9.07. The zero-order valence-corrected chi connectivity index (χ0v) is 17.0. The molecule has 2 aromatic heterocycles. The summed E-state index contributed by atoms with van der Waals surface area (Å²) in [5, 5.41) is 0.990. The number of halogens is 2. The number of fused-ring (bicyclic) bond motifs is 1. The maximum absolute atomic E-state index is 13.9. The molecule has 4 aromatic rings. The van der Waals surface area contributed by atoms with E-state index in [0.29, 0.717) is 17.1 Å². The van der Waals surface area contributed by atoms with E-state index in [1.54, 1.807) is 12.3 Å². The number of rotatable bonds is 3. The van der Waals surface area contributed by atoms with Gasteiger partial charge in [0.1, 0.15) is 12.1 Å². The molecule has 0 saturated carbocycles. The molecule has 2 aromatic carbocycles. The molecular formula is C22H20ClFN4O. The van der Waals surface area contributed by atoms with E-state index in [4.69, 9.17) is 22.1 Å². The summed E-state index contributed by atoms with van der Waals surface area (Å²) in [4.78, 5) is 12.7. The number of aromatic nitrogens is 3. The highest BCUT2D eigenvalue weighted by Gasteiger charge is 2.16. The second-order valence-electron chi connectivity index (χ2n) is 5.86. The fourth-order valence-corrected chi connectivity index (χ4v) is 3.20. The summed E-state index contributed by atoms with van der Waals surface area (Å²) in [6.07, 6.45) is 3.08. The first-order valence-corrected chi connectivity index (χ1v) is 9.45. The number of benzene rings is 2. The van der Waals surface area contributed by atoms with Crippen molar-refractivity contribution in [3.05, 3.63) is 65.8 Å². The lowest BCUT2D eigenvalue weighted by atomic mass is 9.98. The smallest absolute Gasteiger partial charge is 0.166 e. The third-order valence-corrected chi connectivity index (χ3v) is 4.59. The van der Waals surface area contributed by atoms with E-state index >= 15 is 0 Å². The number of hydrogen-bond donors (Lipinski definition) is 1. The number of ether oxygens (including phenoxy) is 1. The lowest BCUT2D eigenvalue weighted by Gasteiger charge is -2.13. The Labute approximate surface area is 173 Å². The predicted octanol–water partition coefficient (Wildman–Crippen LogP) is 5.77. The number of pyridine rings is 1. The van der Waals surface area contributed by atoms with Gasteiger partial charge in [0.2, 0.25) is 0 Å². The van der Waals surface area contributed by atoms with Gasteiger partial charge in [0.05, 0.1) is 23.3 Å². The van der Waals surface area contributed by atoms with Crippen LogP contribution < -0.4 is 10.5 Å². The average molecular weight is 411 g/mol. The SMILES string of the molecule is CC.COc1cc(-c2ncccc2-c2ccc3ncnc(N)c3c2)c(Cl)cc1F. The van der Waals surface area contributed by atoms with Crippen LogP contribution in [0.25, 0.3) is 33.3 Å². The van der Waals surface area contributed by atoms with E-state index in [2.05, 4.69) is 15.0 Å². The Bertz CT molecular complexity index is 1170. The van der Waals surface area contributed by atoms with Gasteiger partial charge < -0.3 is 10.5 Å². The van der Waals surface area contributed by atoms with Gasteiger partial charge in [0.15, 0.2) is 11.6 Å². The van der Waals surface area contributed by atoms with Crippen LogP contribution in [0.1, 0.15) is 13.8 Å². The Morgan fingerprint density at radius 2 is 1.79 bits per heavy atom. The van der Waals surface area contributed by atoms with Crippen molar-refractivity contribution in [1.82, 2.24) is 15.0 Å². The highest BCUT2D eigenvalue weighted by atomic mass is 35.5. The monoisotopic (exact) mass is 410 g/mol. The molecule has 0 saturated heterocycles. The molecule has 0 radical (unpaired) electrons. The number of nitrogens with zero attached hydrogens (tertiary/aromatic N) is 3. The van der Waals surface area contributed by atoms with Crippen LogP contribution in [0.2, 0.25) is 5.02 Å². The predicted molar refractivity (Wildman–Crippen MR) is 115 cm³/mol. The van der Waals surface area contributed by atoms with Gasteiger partial charge in [0, 0.05) is 22.7 Å². The third kappa shape index (κ3) is 3.98. The lowest BCUT2D eigenvalue weighted by molar-refractivity contribution is 0.387. The molecule has 0 aliphatic carbocycles. The lowest BCUT2D eigenvalue weighted by Crippen LogP contribution is -1.95. The van der Waals surface area contributed by atoms with Crippen LogP contribution >= 0.6 is 11.6 Å². The zero-order valence-electron chi connectivity index (χ0n) is 16.3. The van der Waals surface area contributed by atoms with Crippen molar-refractivity contribution in [3.8, 4) is 28.1 Å². The Morgan fingerprint density at radius 1 is 1.00 bits per heavy atom. The second-order valence-corrected chi connectivity index (χ2v) is 6.26. The van der Waals surface area contributed by atoms with Crippen LogP contribution in [-0.4, -0.2) is 22.1 Å². The molecule has 0 amide bonds. The van der Waals surface area contributed by atoms with Crippen molar-refractivity contribution in [3.63, 3.8) is 0 Å². The van der Waals surface area contributed by atoms with Gasteiger partial charge in [0.25, 0.3) is 0 Å². The molecule has 29 heavy (non-hydrogen) atoms. The molecule has 5 nitrogen and oxygen atoms in total. The molecule has 0 bridgehead atoms. The van der Waals surface area contributed by atoms with Crippen LogP contribution in [0, 0.1) is 5.82 Å². The van der Waals surface area contributed by atoms with Crippen molar-refractivity contribution in [2.24, 2.45) is 0 Å². The molecular weight excluding hydrogens is 391 g/mol. The molecule has 0 atom stereocenters. The first-order chi connectivity index (χ1) is 14.1. The first kappa shape index (κ1) is 20.5. The summed E-state index contributed by atoms with van der Waals surface area (Å²) in [5.74, 6) is -0.0321. The van der Waals surface area contributed by atoms with E-state index in [0.717, 1.165) is 22.0 Å². The van der Waals surface area contributed by atoms with Crippen molar-refractivity contribution in [2.45, 2.75) is 13.8 Å². The van der Waals surface area contributed by atoms with E-state index in [-0.39, 0.29) is 10.8 Å². The van der Waals surface area contributed by atoms with Gasteiger partial charge in [-0.25, -0.2) is 14.4 Å². The van der Waals surface area contributed by atoms with Gasteiger partial charge >= 0.3 is 0 Å². The Morgan fingerprint density at radius 3 is 2.55 bits per heavy atom. The van der Waals surface area contributed by atoms with E-state index in [1.165, 1.54) is 19.5 Å². The minimum absolute atomic E-state index is 0.0992. The molecule has 4 rings (SSSR count). The summed E-state index contributed by atoms with van der Waals surface area (Å²) in [7, 11) is 1.40. The van der Waals surface area contributed by atoms with E-state index in [9.17, 15) is 4.39 Å². The Balaban J connectivity index is 0.00000117. The highest BCUT2D eigenvalue weighted by Crippen LogP contribution is 2.38. The zero-order chi connectivity index (χ0) is 21.0. The van der Waals surface area contributed by atoms with Gasteiger partial charge in [-0.05, 0) is 35.9 Å². The molecule has 7 heteroatoms. The second kappa shape index (κ2) is 8.84. The van der Waals surface area contributed by atoms with Crippen molar-refractivity contribution < 1.29 is 9.13 Å². The topological polar surface area (TPSA) is 73.9 Å². The largest absolute Gasteiger partial charge is 0.494 e. The Kier molecular flexibility index (Phi) is 6.24. The quantitative estimate of drug-likeness (QED) is 0.464. The van der Waals surface area contributed by atoms with Crippen molar-refractivity contribution in [2.75, 3.05) is 12.8 Å². The normalized spacial score (nSPS) is 10.4. The van der Waals surface area contributed by atoms with Gasteiger partial charge in [-0.2, -0.15) is 0 Å². The number of nitrogen functional groups attached to an aromatic ring is 1. The van der Waals surface area contributed by atoms with Gasteiger partial charge in [-0.3, -0.25) is 4.98 Å². The standard InChI is InChI=1S/C20H14ClFN4O.C2H6/c1-27-18-8-13(15(21)9-16(18)22)19-12(3-2-6-24-19)11-4-5-17-14(7-11)20(23)26-10-25-17;1-2/h2-10H,1H3,(H2,23,25,26);1-2H3. The summed E-state index contributed by atoms with van der Waals surface area (Å²) < 4.78 is 19.0. The number of nitrogens with two attached hydrogens (primary N) is 1. The molecule has 0 fully saturated rings. The Hall–Kier alpha value is -3.25. The molecule has 2 N–H and O–H groups in total. The van der Waals surface area contributed by atoms with Crippen LogP contribution in [-0.2, 0) is 0 Å².